The number of anilines is 1. The first-order valence-corrected chi connectivity index (χ1v) is 14.2. The zero-order chi connectivity index (χ0) is 30.6. The highest BCUT2D eigenvalue weighted by Crippen LogP contribution is 2.61. The minimum atomic E-state index is -4.59. The number of alkyl halides is 3. The Hall–Kier alpha value is -4.47. The summed E-state index contributed by atoms with van der Waals surface area (Å²) < 4.78 is 44.4. The largest absolute Gasteiger partial charge is 0.454 e. The van der Waals surface area contributed by atoms with Gasteiger partial charge in [-0.2, -0.15) is 13.2 Å². The molecule has 1 fully saturated rings. The number of likely N-dealkylation sites (tertiary alicyclic amines) is 1. The van der Waals surface area contributed by atoms with Gasteiger partial charge in [-0.3, -0.25) is 19.3 Å². The van der Waals surface area contributed by atoms with E-state index in [2.05, 4.69) is 5.32 Å². The number of carbonyl (C=O) groups is 4. The number of nitrogens with one attached hydrogen (secondary N) is 1. The molecule has 7 nitrogen and oxygen atoms in total. The molecule has 3 amide bonds. The summed E-state index contributed by atoms with van der Waals surface area (Å²) in [6.07, 6.45) is -4.47. The van der Waals surface area contributed by atoms with Gasteiger partial charge in [0.05, 0.1) is 17.4 Å². The number of hydrogen-bond donors (Lipinski definition) is 1. The first kappa shape index (κ1) is 28.6. The summed E-state index contributed by atoms with van der Waals surface area (Å²) in [5.74, 6) is -4.78. The molecule has 222 valence electrons. The number of halogens is 3. The minimum absolute atomic E-state index is 0.106. The fraction of sp³-hybridized carbons (Fsp3) is 0.333. The van der Waals surface area contributed by atoms with Gasteiger partial charge in [0.25, 0.3) is 5.91 Å². The molecule has 1 aliphatic heterocycles. The van der Waals surface area contributed by atoms with E-state index in [0.717, 1.165) is 45.4 Å². The lowest BCUT2D eigenvalue weighted by Crippen LogP contribution is -2.47. The quantitative estimate of drug-likeness (QED) is 0.290. The second kappa shape index (κ2) is 10.7. The number of carbonyl (C=O) groups excluding carboxylic acids is 4. The zero-order valence-electron chi connectivity index (χ0n) is 23.4. The fourth-order valence-electron chi connectivity index (χ4n) is 6.96. The van der Waals surface area contributed by atoms with E-state index in [1.165, 1.54) is 6.07 Å². The van der Waals surface area contributed by atoms with Gasteiger partial charge in [-0.05, 0) is 52.8 Å². The Morgan fingerprint density at radius 3 is 1.81 bits per heavy atom. The number of benzene rings is 3. The lowest BCUT2D eigenvalue weighted by Gasteiger charge is -2.45. The lowest BCUT2D eigenvalue weighted by atomic mass is 9.55. The molecule has 4 aliphatic rings. The average molecular weight is 591 g/mol. The van der Waals surface area contributed by atoms with Gasteiger partial charge in [0.1, 0.15) is 6.04 Å². The molecule has 7 rings (SSSR count). The van der Waals surface area contributed by atoms with Crippen molar-refractivity contribution in [1.82, 2.24) is 4.90 Å². The van der Waals surface area contributed by atoms with E-state index in [1.54, 1.807) is 0 Å². The Labute approximate surface area is 246 Å². The highest BCUT2D eigenvalue weighted by Gasteiger charge is 2.63. The molecule has 0 radical (unpaired) electrons. The number of ether oxygens (including phenoxy) is 1. The third kappa shape index (κ3) is 4.88. The van der Waals surface area contributed by atoms with E-state index in [4.69, 9.17) is 4.74 Å². The number of amides is 3. The molecule has 2 bridgehead atoms. The lowest BCUT2D eigenvalue weighted by molar-refractivity contribution is -0.160. The Morgan fingerprint density at radius 2 is 1.35 bits per heavy atom. The molecule has 3 aromatic carbocycles. The van der Waals surface area contributed by atoms with E-state index >= 15 is 0 Å². The topological polar surface area (TPSA) is 92.8 Å². The van der Waals surface area contributed by atoms with Crippen LogP contribution in [-0.2, 0) is 30.1 Å². The number of esters is 1. The zero-order valence-corrected chi connectivity index (χ0v) is 23.4. The van der Waals surface area contributed by atoms with E-state index in [-0.39, 0.29) is 29.9 Å². The summed E-state index contributed by atoms with van der Waals surface area (Å²) in [5.41, 5.74) is 2.96. The molecule has 1 N–H and O–H groups in total. The summed E-state index contributed by atoms with van der Waals surface area (Å²) in [6, 6.07) is 18.4. The first-order chi connectivity index (χ1) is 20.5. The van der Waals surface area contributed by atoms with E-state index < -0.39 is 59.9 Å². The van der Waals surface area contributed by atoms with Crippen LogP contribution in [0.25, 0.3) is 0 Å². The van der Waals surface area contributed by atoms with E-state index in [9.17, 15) is 32.3 Å². The number of rotatable bonds is 7. The van der Waals surface area contributed by atoms with Crippen molar-refractivity contribution in [2.24, 2.45) is 17.8 Å². The molecule has 0 saturated carbocycles. The number of nitrogens with zero attached hydrogens (tertiary/aromatic N) is 1. The molecule has 43 heavy (non-hydrogen) atoms. The molecule has 3 atom stereocenters. The molecule has 1 saturated heterocycles. The first-order valence-electron chi connectivity index (χ1n) is 14.2. The van der Waals surface area contributed by atoms with Gasteiger partial charge in [0.2, 0.25) is 11.8 Å². The van der Waals surface area contributed by atoms with Gasteiger partial charge >= 0.3 is 12.1 Å². The van der Waals surface area contributed by atoms with Crippen molar-refractivity contribution in [2.45, 2.75) is 44.3 Å². The van der Waals surface area contributed by atoms with Crippen LogP contribution in [0.3, 0.4) is 0 Å². The van der Waals surface area contributed by atoms with Crippen LogP contribution in [0.4, 0.5) is 18.9 Å². The van der Waals surface area contributed by atoms with Crippen LogP contribution in [0.15, 0.2) is 72.8 Å². The van der Waals surface area contributed by atoms with Crippen LogP contribution in [0, 0.1) is 17.8 Å². The molecule has 3 aromatic rings. The fourth-order valence-corrected chi connectivity index (χ4v) is 6.96. The van der Waals surface area contributed by atoms with Gasteiger partial charge in [0.15, 0.2) is 6.61 Å². The molecule has 1 heterocycles. The second-order valence-corrected chi connectivity index (χ2v) is 11.7. The van der Waals surface area contributed by atoms with Crippen molar-refractivity contribution < 1.29 is 37.1 Å². The van der Waals surface area contributed by atoms with Crippen molar-refractivity contribution in [1.29, 1.82) is 0 Å². The SMILES string of the molecule is CC(C)C[C@@H](C(=O)OCC(=O)Nc1cccc(C(F)(F)F)c1)N1C(=O)[C@@H]2C3c4ccccc4C(c4ccccc43)[C@@H]2C1=O. The van der Waals surface area contributed by atoms with Gasteiger partial charge in [0, 0.05) is 17.5 Å². The van der Waals surface area contributed by atoms with Gasteiger partial charge < -0.3 is 10.1 Å². The molecule has 3 aliphatic carbocycles. The van der Waals surface area contributed by atoms with Crippen LogP contribution >= 0.6 is 0 Å². The van der Waals surface area contributed by atoms with Crippen LogP contribution < -0.4 is 5.32 Å². The number of imide groups is 1. The highest BCUT2D eigenvalue weighted by molar-refractivity contribution is 6.10. The second-order valence-electron chi connectivity index (χ2n) is 11.7. The summed E-state index contributed by atoms with van der Waals surface area (Å²) in [7, 11) is 0. The van der Waals surface area contributed by atoms with Crippen molar-refractivity contribution in [3.05, 3.63) is 101 Å². The number of hydrogen-bond acceptors (Lipinski definition) is 5. The summed E-state index contributed by atoms with van der Waals surface area (Å²) in [5, 5.41) is 2.29. The Kier molecular flexibility index (Phi) is 7.10. The minimum Gasteiger partial charge on any atom is -0.454 e. The summed E-state index contributed by atoms with van der Waals surface area (Å²) in [6.45, 7) is 2.89. The van der Waals surface area contributed by atoms with Crippen LogP contribution in [0.2, 0.25) is 0 Å². The van der Waals surface area contributed by atoms with Crippen LogP contribution in [0.5, 0.6) is 0 Å². The summed E-state index contributed by atoms with van der Waals surface area (Å²) >= 11 is 0. The smallest absolute Gasteiger partial charge is 0.416 e. The third-order valence-electron chi connectivity index (χ3n) is 8.58. The van der Waals surface area contributed by atoms with Gasteiger partial charge in [-0.1, -0.05) is 68.4 Å². The normalized spacial score (nSPS) is 22.6. The summed E-state index contributed by atoms with van der Waals surface area (Å²) in [4.78, 5) is 55.2. The molecule has 0 aromatic heterocycles. The Bertz CT molecular complexity index is 1520. The van der Waals surface area contributed by atoms with Crippen molar-refractivity contribution in [3.63, 3.8) is 0 Å². The predicted molar refractivity (Wildman–Crippen MR) is 150 cm³/mol. The Morgan fingerprint density at radius 1 is 0.837 bits per heavy atom. The maximum absolute atomic E-state index is 14.1. The maximum atomic E-state index is 14.1. The predicted octanol–water partition coefficient (Wildman–Crippen LogP) is 5.49. The molecular weight excluding hydrogens is 561 g/mol. The molecular formula is C33H29F3N2O5. The van der Waals surface area contributed by atoms with Gasteiger partial charge in [-0.25, -0.2) is 4.79 Å². The third-order valence-corrected chi connectivity index (χ3v) is 8.58. The maximum Gasteiger partial charge on any atom is 0.416 e. The molecule has 0 unspecified atom stereocenters. The van der Waals surface area contributed by atoms with E-state index in [1.807, 2.05) is 62.4 Å². The average Bonchev–Trinajstić information content (AvgIpc) is 3.24. The molecule has 10 heteroatoms. The van der Waals surface area contributed by atoms with E-state index in [0.29, 0.717) is 0 Å². The Balaban J connectivity index is 1.24. The van der Waals surface area contributed by atoms with Crippen LogP contribution in [0.1, 0.15) is 59.9 Å². The van der Waals surface area contributed by atoms with Crippen molar-refractivity contribution >= 4 is 29.4 Å². The van der Waals surface area contributed by atoms with Crippen LogP contribution in [-0.4, -0.2) is 41.2 Å². The monoisotopic (exact) mass is 590 g/mol. The van der Waals surface area contributed by atoms with Crippen molar-refractivity contribution in [2.75, 3.05) is 11.9 Å². The highest BCUT2D eigenvalue weighted by atomic mass is 19.4. The van der Waals surface area contributed by atoms with Crippen molar-refractivity contribution in [3.8, 4) is 0 Å². The molecule has 0 spiro atoms. The standard InChI is InChI=1S/C33H29F3N2O5/c1-17(2)14-24(32(42)43-16-25(39)37-19-9-7-8-18(15-19)33(34,35)36)38-30(40)28-26-20-10-3-4-11-21(20)27(29(28)31(38)41)23-13-6-5-12-22(23)26/h3-13,15,17,24,26-29H,14,16H2,1-2H3,(H,37,39)/t24-,26?,27?,28-,29+/m0/s1. The van der Waals surface area contributed by atoms with Gasteiger partial charge in [-0.15, -0.1) is 0 Å².